The third kappa shape index (κ3) is 4.74. The van der Waals surface area contributed by atoms with E-state index < -0.39 is 0 Å². The number of anilines is 3. The van der Waals surface area contributed by atoms with Crippen molar-refractivity contribution in [1.82, 2.24) is 15.2 Å². The van der Waals surface area contributed by atoms with Crippen LogP contribution in [0.3, 0.4) is 0 Å². The summed E-state index contributed by atoms with van der Waals surface area (Å²) >= 11 is 0. The average molecular weight is 448 g/mol. The summed E-state index contributed by atoms with van der Waals surface area (Å²) in [5, 5.41) is 6.54. The molecule has 1 aromatic heterocycles. The van der Waals surface area contributed by atoms with Gasteiger partial charge >= 0.3 is 6.03 Å². The number of para-hydroxylation sites is 2. The number of amides is 3. The zero-order chi connectivity index (χ0) is 22.6. The normalized spacial score (nSPS) is 20.4. The summed E-state index contributed by atoms with van der Waals surface area (Å²) < 4.78 is 0. The van der Waals surface area contributed by atoms with E-state index >= 15 is 0 Å². The fourth-order valence-electron chi connectivity index (χ4n) is 5.44. The third-order valence-electron chi connectivity index (χ3n) is 7.32. The van der Waals surface area contributed by atoms with Crippen LogP contribution in [0.4, 0.5) is 22.0 Å². The van der Waals surface area contributed by atoms with Crippen molar-refractivity contribution in [3.05, 3.63) is 48.2 Å². The number of aromatic nitrogens is 1. The topological polar surface area (TPSA) is 77.6 Å². The highest BCUT2D eigenvalue weighted by molar-refractivity contribution is 6.16. The van der Waals surface area contributed by atoms with Crippen LogP contribution < -0.4 is 15.5 Å². The number of fused-ring (bicyclic) bond motifs is 2. The molecule has 0 bridgehead atoms. The Morgan fingerprint density at radius 2 is 1.82 bits per heavy atom. The Morgan fingerprint density at radius 3 is 2.67 bits per heavy atom. The van der Waals surface area contributed by atoms with Gasteiger partial charge in [0, 0.05) is 19.3 Å². The molecule has 2 aliphatic heterocycles. The maximum atomic E-state index is 13.7. The van der Waals surface area contributed by atoms with E-state index in [0.29, 0.717) is 28.7 Å². The van der Waals surface area contributed by atoms with Gasteiger partial charge in [-0.2, -0.15) is 0 Å². The fourth-order valence-corrected chi connectivity index (χ4v) is 5.44. The van der Waals surface area contributed by atoms with E-state index in [0.717, 1.165) is 44.9 Å². The van der Waals surface area contributed by atoms with Crippen molar-refractivity contribution in [1.29, 1.82) is 0 Å². The summed E-state index contributed by atoms with van der Waals surface area (Å²) in [6, 6.07) is 10.7. The van der Waals surface area contributed by atoms with E-state index in [-0.39, 0.29) is 11.9 Å². The van der Waals surface area contributed by atoms with Gasteiger partial charge in [-0.1, -0.05) is 37.8 Å². The Labute approximate surface area is 195 Å². The van der Waals surface area contributed by atoms with E-state index in [1.54, 1.807) is 23.2 Å². The van der Waals surface area contributed by atoms with Gasteiger partial charge in [0.05, 0.1) is 16.9 Å². The maximum absolute atomic E-state index is 13.7. The van der Waals surface area contributed by atoms with E-state index in [1.165, 1.54) is 32.1 Å². The number of carbonyl (C=O) groups is 2. The molecule has 1 aliphatic carbocycles. The number of hydrogen-bond acceptors (Lipinski definition) is 4. The molecule has 33 heavy (non-hydrogen) atoms. The molecule has 1 aromatic carbocycles. The zero-order valence-corrected chi connectivity index (χ0v) is 19.1. The standard InChI is InChI=1S/C26H33N5O2/c32-25-21-8-5-14-28-24(21)31(23-10-4-3-9-22(23)29-25)26(33)30-17-13-20(18-30)12-16-27-15-11-19-6-1-2-7-19/h3-5,8-10,14,19-20,27H,1-2,6-7,11-13,15-18H2,(H,29,32). The van der Waals surface area contributed by atoms with Gasteiger partial charge in [0.1, 0.15) is 0 Å². The number of likely N-dealkylation sites (tertiary alicyclic amines) is 1. The smallest absolute Gasteiger partial charge is 0.324 e. The molecular formula is C26H33N5O2. The van der Waals surface area contributed by atoms with Gasteiger partial charge in [-0.05, 0) is 68.5 Å². The van der Waals surface area contributed by atoms with Crippen molar-refractivity contribution in [2.45, 2.75) is 44.9 Å². The minimum atomic E-state index is -0.246. The van der Waals surface area contributed by atoms with Crippen LogP contribution in [0.1, 0.15) is 55.3 Å². The number of hydrogen-bond donors (Lipinski definition) is 2. The van der Waals surface area contributed by atoms with Crippen molar-refractivity contribution in [3.8, 4) is 0 Å². The van der Waals surface area contributed by atoms with Gasteiger partial charge in [-0.15, -0.1) is 0 Å². The van der Waals surface area contributed by atoms with E-state index in [1.807, 2.05) is 29.2 Å². The number of carbonyl (C=O) groups excluding carboxylic acids is 2. The first-order valence-corrected chi connectivity index (χ1v) is 12.4. The molecule has 3 aliphatic rings. The van der Waals surface area contributed by atoms with Crippen molar-refractivity contribution in [2.75, 3.05) is 36.4 Å². The van der Waals surface area contributed by atoms with E-state index in [9.17, 15) is 9.59 Å². The first-order chi connectivity index (χ1) is 16.2. The Kier molecular flexibility index (Phi) is 6.58. The third-order valence-corrected chi connectivity index (χ3v) is 7.32. The second-order valence-electron chi connectivity index (χ2n) is 9.54. The Bertz CT molecular complexity index is 1000. The molecule has 3 amide bonds. The molecule has 1 atom stereocenters. The Hall–Kier alpha value is -2.93. The lowest BCUT2D eigenvalue weighted by Gasteiger charge is -2.28. The Balaban J connectivity index is 1.23. The molecule has 2 aromatic rings. The van der Waals surface area contributed by atoms with Crippen LogP contribution in [0.5, 0.6) is 0 Å². The quantitative estimate of drug-likeness (QED) is 0.625. The summed E-state index contributed by atoms with van der Waals surface area (Å²) in [5.41, 5.74) is 1.69. The molecule has 5 rings (SSSR count). The van der Waals surface area contributed by atoms with Crippen molar-refractivity contribution < 1.29 is 9.59 Å². The van der Waals surface area contributed by atoms with Crippen LogP contribution in [0, 0.1) is 11.8 Å². The molecule has 7 heteroatoms. The molecule has 174 valence electrons. The molecule has 0 spiro atoms. The van der Waals surface area contributed by atoms with Gasteiger partial charge in [0.25, 0.3) is 5.91 Å². The van der Waals surface area contributed by atoms with Crippen molar-refractivity contribution in [2.24, 2.45) is 11.8 Å². The summed E-state index contributed by atoms with van der Waals surface area (Å²) in [7, 11) is 0. The average Bonchev–Trinajstić information content (AvgIpc) is 3.50. The number of nitrogens with zero attached hydrogens (tertiary/aromatic N) is 3. The van der Waals surface area contributed by atoms with E-state index in [4.69, 9.17) is 0 Å². The van der Waals surface area contributed by atoms with E-state index in [2.05, 4.69) is 15.6 Å². The lowest BCUT2D eigenvalue weighted by Crippen LogP contribution is -2.40. The number of urea groups is 1. The highest BCUT2D eigenvalue weighted by Gasteiger charge is 2.35. The molecule has 7 nitrogen and oxygen atoms in total. The fraction of sp³-hybridized carbons (Fsp3) is 0.500. The summed E-state index contributed by atoms with van der Waals surface area (Å²) in [4.78, 5) is 34.4. The first-order valence-electron chi connectivity index (χ1n) is 12.4. The molecular weight excluding hydrogens is 414 g/mol. The van der Waals surface area contributed by atoms with Crippen LogP contribution in [0.15, 0.2) is 42.6 Å². The maximum Gasteiger partial charge on any atom is 0.330 e. The highest BCUT2D eigenvalue weighted by Crippen LogP contribution is 2.38. The van der Waals surface area contributed by atoms with Gasteiger partial charge < -0.3 is 15.5 Å². The molecule has 1 saturated carbocycles. The minimum absolute atomic E-state index is 0.115. The molecule has 1 unspecified atom stereocenters. The van der Waals surface area contributed by atoms with Gasteiger partial charge in [0.2, 0.25) is 0 Å². The largest absolute Gasteiger partial charge is 0.330 e. The second kappa shape index (κ2) is 9.91. The lowest BCUT2D eigenvalue weighted by atomic mass is 10.0. The predicted octanol–water partition coefficient (Wildman–Crippen LogP) is 4.79. The van der Waals surface area contributed by atoms with Crippen molar-refractivity contribution >= 4 is 29.1 Å². The SMILES string of the molecule is O=C1Nc2ccccc2N(C(=O)N2CCC(CCNCCC3CCCC3)C2)c2ncccc21. The number of benzene rings is 1. The van der Waals surface area contributed by atoms with Crippen LogP contribution in [-0.2, 0) is 0 Å². The van der Waals surface area contributed by atoms with Crippen LogP contribution >= 0.6 is 0 Å². The summed E-state index contributed by atoms with van der Waals surface area (Å²) in [6.07, 6.45) is 10.6. The first kappa shape index (κ1) is 21.9. The summed E-state index contributed by atoms with van der Waals surface area (Å²) in [5.74, 6) is 1.57. The van der Waals surface area contributed by atoms with Gasteiger partial charge in [-0.3, -0.25) is 4.79 Å². The molecule has 2 N–H and O–H groups in total. The molecule has 3 heterocycles. The van der Waals surface area contributed by atoms with Gasteiger partial charge in [0.15, 0.2) is 5.82 Å². The second-order valence-corrected chi connectivity index (χ2v) is 9.54. The van der Waals surface area contributed by atoms with Crippen LogP contribution in [-0.4, -0.2) is 48.0 Å². The monoisotopic (exact) mass is 447 g/mol. The van der Waals surface area contributed by atoms with Gasteiger partial charge in [-0.25, -0.2) is 14.7 Å². The number of nitrogens with one attached hydrogen (secondary N) is 2. The van der Waals surface area contributed by atoms with Crippen molar-refractivity contribution in [3.63, 3.8) is 0 Å². The number of pyridine rings is 1. The molecule has 2 fully saturated rings. The molecule has 1 saturated heterocycles. The summed E-state index contributed by atoms with van der Waals surface area (Å²) in [6.45, 7) is 3.59. The predicted molar refractivity (Wildman–Crippen MR) is 130 cm³/mol. The Morgan fingerprint density at radius 1 is 1.03 bits per heavy atom. The highest BCUT2D eigenvalue weighted by atomic mass is 16.2. The van der Waals surface area contributed by atoms with Crippen LogP contribution in [0.25, 0.3) is 0 Å². The molecule has 0 radical (unpaired) electrons. The number of rotatable bonds is 6. The zero-order valence-electron chi connectivity index (χ0n) is 19.1. The minimum Gasteiger partial charge on any atom is -0.324 e. The lowest BCUT2D eigenvalue weighted by molar-refractivity contribution is 0.102. The van der Waals surface area contributed by atoms with Crippen LogP contribution in [0.2, 0.25) is 0 Å².